The van der Waals surface area contributed by atoms with E-state index in [9.17, 15) is 19.2 Å². The van der Waals surface area contributed by atoms with Crippen molar-refractivity contribution in [1.29, 1.82) is 0 Å². The molecule has 0 saturated carbocycles. The van der Waals surface area contributed by atoms with Gasteiger partial charge in [0.25, 0.3) is 11.8 Å². The van der Waals surface area contributed by atoms with Crippen LogP contribution < -0.4 is 16.0 Å². The first-order valence-electron chi connectivity index (χ1n) is 8.80. The summed E-state index contributed by atoms with van der Waals surface area (Å²) in [7, 11) is 0. The number of ether oxygens (including phenoxy) is 1. The molecule has 0 aliphatic rings. The van der Waals surface area contributed by atoms with Gasteiger partial charge in [-0.15, -0.1) is 11.3 Å². The largest absolute Gasteiger partial charge is 0.454 e. The van der Waals surface area contributed by atoms with Gasteiger partial charge in [0.1, 0.15) is 6.54 Å². The van der Waals surface area contributed by atoms with Crippen molar-refractivity contribution >= 4 is 58.2 Å². The Morgan fingerprint density at radius 1 is 0.967 bits per heavy atom. The van der Waals surface area contributed by atoms with Gasteiger partial charge in [-0.3, -0.25) is 19.2 Å². The number of esters is 1. The summed E-state index contributed by atoms with van der Waals surface area (Å²) in [6.07, 6.45) is 0.695. The summed E-state index contributed by atoms with van der Waals surface area (Å²) in [5.41, 5.74) is 0.165. The van der Waals surface area contributed by atoms with Crippen LogP contribution in [0.4, 0.5) is 0 Å². The van der Waals surface area contributed by atoms with Crippen LogP contribution in [0.3, 0.4) is 0 Å². The minimum Gasteiger partial charge on any atom is -0.454 e. The maximum atomic E-state index is 12.0. The number of hydrogen-bond acceptors (Lipinski definition) is 6. The fourth-order valence-electron chi connectivity index (χ4n) is 2.19. The molecule has 11 heteroatoms. The number of nitrogens with one attached hydrogen (secondary N) is 3. The molecule has 0 atom stereocenters. The van der Waals surface area contributed by atoms with Gasteiger partial charge in [0.05, 0.1) is 17.1 Å². The number of amides is 3. The van der Waals surface area contributed by atoms with Gasteiger partial charge in [-0.2, -0.15) is 0 Å². The highest BCUT2D eigenvalue weighted by molar-refractivity contribution is 7.09. The molecule has 0 spiro atoms. The first-order chi connectivity index (χ1) is 14.3. The van der Waals surface area contributed by atoms with Crippen molar-refractivity contribution in [2.45, 2.75) is 6.42 Å². The van der Waals surface area contributed by atoms with E-state index in [4.69, 9.17) is 27.9 Å². The lowest BCUT2D eigenvalue weighted by Crippen LogP contribution is -2.40. The van der Waals surface area contributed by atoms with Crippen LogP contribution in [0.1, 0.15) is 15.2 Å². The number of halogens is 2. The van der Waals surface area contributed by atoms with Gasteiger partial charge in [-0.1, -0.05) is 29.3 Å². The van der Waals surface area contributed by atoms with Crippen molar-refractivity contribution in [3.8, 4) is 0 Å². The molecule has 3 N–H and O–H groups in total. The third-order valence-electron chi connectivity index (χ3n) is 3.65. The van der Waals surface area contributed by atoms with E-state index in [1.165, 1.54) is 18.2 Å². The molecule has 0 aliphatic heterocycles. The lowest BCUT2D eigenvalue weighted by molar-refractivity contribution is -0.148. The van der Waals surface area contributed by atoms with Gasteiger partial charge in [-0.05, 0) is 36.1 Å². The topological polar surface area (TPSA) is 114 Å². The molecule has 0 aliphatic carbocycles. The molecule has 0 fully saturated rings. The van der Waals surface area contributed by atoms with Crippen LogP contribution in [-0.4, -0.2) is 49.9 Å². The van der Waals surface area contributed by atoms with Gasteiger partial charge in [0.2, 0.25) is 5.91 Å². The summed E-state index contributed by atoms with van der Waals surface area (Å²) in [5, 5.41) is 9.77. The normalized spacial score (nSPS) is 10.2. The van der Waals surface area contributed by atoms with E-state index >= 15 is 0 Å². The van der Waals surface area contributed by atoms with Crippen LogP contribution in [-0.2, 0) is 25.5 Å². The number of hydrogen-bond donors (Lipinski definition) is 3. The van der Waals surface area contributed by atoms with Gasteiger partial charge < -0.3 is 20.7 Å². The predicted molar refractivity (Wildman–Crippen MR) is 114 cm³/mol. The summed E-state index contributed by atoms with van der Waals surface area (Å²) in [6, 6.07) is 8.23. The van der Waals surface area contributed by atoms with E-state index in [1.54, 1.807) is 11.3 Å². The molecular formula is C19H19Cl2N3O5S. The Morgan fingerprint density at radius 3 is 2.47 bits per heavy atom. The molecule has 2 aromatic rings. The number of carbonyl (C=O) groups is 4. The van der Waals surface area contributed by atoms with Crippen molar-refractivity contribution in [1.82, 2.24) is 16.0 Å². The molecule has 0 radical (unpaired) electrons. The summed E-state index contributed by atoms with van der Waals surface area (Å²) < 4.78 is 4.78. The Balaban J connectivity index is 1.59. The highest BCUT2D eigenvalue weighted by atomic mass is 35.5. The van der Waals surface area contributed by atoms with E-state index in [0.29, 0.717) is 18.0 Å². The molecule has 0 unspecified atom stereocenters. The fraction of sp³-hybridized carbons (Fsp3) is 0.263. The molecule has 1 heterocycles. The quantitative estimate of drug-likeness (QED) is 0.457. The van der Waals surface area contributed by atoms with Crippen molar-refractivity contribution in [2.24, 2.45) is 0 Å². The second-order valence-electron chi connectivity index (χ2n) is 5.92. The zero-order chi connectivity index (χ0) is 21.9. The number of thiophene rings is 1. The lowest BCUT2D eigenvalue weighted by atomic mass is 10.2. The summed E-state index contributed by atoms with van der Waals surface area (Å²) >= 11 is 13.3. The maximum absolute atomic E-state index is 12.0. The van der Waals surface area contributed by atoms with Crippen molar-refractivity contribution in [2.75, 3.05) is 26.2 Å². The van der Waals surface area contributed by atoms with E-state index in [1.807, 2.05) is 17.5 Å². The lowest BCUT2D eigenvalue weighted by Gasteiger charge is -2.09. The van der Waals surface area contributed by atoms with E-state index in [2.05, 4.69) is 16.0 Å². The molecule has 3 amide bonds. The maximum Gasteiger partial charge on any atom is 0.325 e. The molecule has 0 saturated heterocycles. The second-order valence-corrected chi connectivity index (χ2v) is 7.80. The van der Waals surface area contributed by atoms with E-state index < -0.39 is 36.8 Å². The highest BCUT2D eigenvalue weighted by Gasteiger charge is 2.13. The summed E-state index contributed by atoms with van der Waals surface area (Å²) in [5.74, 6) is -2.37. The first-order valence-corrected chi connectivity index (χ1v) is 10.4. The average molecular weight is 472 g/mol. The Kier molecular flexibility index (Phi) is 9.59. The Hall–Kier alpha value is -2.62. The third-order valence-corrected chi connectivity index (χ3v) is 5.14. The van der Waals surface area contributed by atoms with Gasteiger partial charge in [0.15, 0.2) is 6.61 Å². The summed E-state index contributed by atoms with van der Waals surface area (Å²) in [6.45, 7) is -0.803. The zero-order valence-electron chi connectivity index (χ0n) is 15.7. The van der Waals surface area contributed by atoms with Crippen molar-refractivity contribution < 1.29 is 23.9 Å². The Bertz CT molecular complexity index is 906. The van der Waals surface area contributed by atoms with Gasteiger partial charge >= 0.3 is 5.97 Å². The first kappa shape index (κ1) is 23.7. The SMILES string of the molecule is O=C(CNC(=O)c1ccc(Cl)cc1Cl)NCC(=O)OCC(=O)NCCc1cccs1. The number of benzene rings is 1. The monoisotopic (exact) mass is 471 g/mol. The minimum absolute atomic E-state index is 0.151. The van der Waals surface area contributed by atoms with Crippen molar-refractivity contribution in [3.63, 3.8) is 0 Å². The van der Waals surface area contributed by atoms with Crippen LogP contribution in [0.25, 0.3) is 0 Å². The van der Waals surface area contributed by atoms with Gasteiger partial charge in [-0.25, -0.2) is 0 Å². The van der Waals surface area contributed by atoms with Gasteiger partial charge in [0, 0.05) is 16.4 Å². The number of rotatable bonds is 10. The molecular weight excluding hydrogens is 453 g/mol. The van der Waals surface area contributed by atoms with Crippen LogP contribution in [0.5, 0.6) is 0 Å². The van der Waals surface area contributed by atoms with E-state index in [-0.39, 0.29) is 17.1 Å². The average Bonchev–Trinajstić information content (AvgIpc) is 3.22. The van der Waals surface area contributed by atoms with E-state index in [0.717, 1.165) is 4.88 Å². The molecule has 8 nitrogen and oxygen atoms in total. The van der Waals surface area contributed by atoms with Crippen molar-refractivity contribution in [3.05, 3.63) is 56.2 Å². The van der Waals surface area contributed by atoms with Crippen LogP contribution in [0.2, 0.25) is 10.0 Å². The Labute approximate surface area is 186 Å². The number of carbonyl (C=O) groups excluding carboxylic acids is 4. The fourth-order valence-corrected chi connectivity index (χ4v) is 3.39. The Morgan fingerprint density at radius 2 is 1.77 bits per heavy atom. The molecule has 1 aromatic carbocycles. The molecule has 160 valence electrons. The predicted octanol–water partition coefficient (Wildman–Crippen LogP) is 1.80. The molecule has 1 aromatic heterocycles. The van der Waals surface area contributed by atoms with Crippen LogP contribution in [0.15, 0.2) is 35.7 Å². The molecule has 2 rings (SSSR count). The molecule has 0 bridgehead atoms. The van der Waals surface area contributed by atoms with Crippen LogP contribution in [0, 0.1) is 0 Å². The minimum atomic E-state index is -0.774. The smallest absolute Gasteiger partial charge is 0.325 e. The second kappa shape index (κ2) is 12.2. The molecule has 30 heavy (non-hydrogen) atoms. The summed E-state index contributed by atoms with van der Waals surface area (Å²) in [4.78, 5) is 48.1. The zero-order valence-corrected chi connectivity index (χ0v) is 18.0. The highest BCUT2D eigenvalue weighted by Crippen LogP contribution is 2.20. The third kappa shape index (κ3) is 8.40. The standard InChI is InChI=1S/C19H19Cl2N3O5S/c20-12-3-4-14(15(21)8-12)19(28)24-9-16(25)23-10-18(27)29-11-17(26)22-6-5-13-2-1-7-30-13/h1-4,7-8H,5-6,9-11H2,(H,22,26)(H,23,25)(H,24,28). The van der Waals surface area contributed by atoms with Crippen LogP contribution >= 0.6 is 34.5 Å².